The minimum Gasteiger partial charge on any atom is -0.451 e. The Labute approximate surface area is 149 Å². The molecule has 3 rings (SSSR count). The monoisotopic (exact) mass is 344 g/mol. The summed E-state index contributed by atoms with van der Waals surface area (Å²) >= 11 is 0. The van der Waals surface area contributed by atoms with Crippen LogP contribution >= 0.6 is 0 Å². The lowest BCUT2D eigenvalue weighted by Gasteiger charge is -2.46. The molecule has 0 saturated carbocycles. The Balaban J connectivity index is 1.86. The lowest BCUT2D eigenvalue weighted by Crippen LogP contribution is -2.62. The van der Waals surface area contributed by atoms with Crippen molar-refractivity contribution in [2.45, 2.75) is 64.3 Å². The number of piperidine rings is 1. The van der Waals surface area contributed by atoms with Gasteiger partial charge in [-0.1, -0.05) is 18.2 Å². The first-order chi connectivity index (χ1) is 11.7. The van der Waals surface area contributed by atoms with Gasteiger partial charge in [-0.05, 0) is 46.6 Å². The van der Waals surface area contributed by atoms with Crippen molar-refractivity contribution in [3.63, 3.8) is 0 Å². The first-order valence-corrected chi connectivity index (χ1v) is 8.80. The maximum Gasteiger partial charge on any atom is 0.287 e. The highest BCUT2D eigenvalue weighted by Crippen LogP contribution is 2.30. The van der Waals surface area contributed by atoms with Crippen molar-refractivity contribution in [1.82, 2.24) is 10.6 Å². The molecule has 0 spiro atoms. The fraction of sp³-hybridized carbons (Fsp3) is 0.550. The standard InChI is InChI=1S/C20H28N2O3/c1-19(2)10-13(11-20(3,4)22-19)21-18(23)17-15(12-24-5)14-8-6-7-9-16(14)25-17/h6-9,13,22H,10-12H2,1-5H3,(H,21,23). The number of rotatable bonds is 4. The number of nitrogens with one attached hydrogen (secondary N) is 2. The summed E-state index contributed by atoms with van der Waals surface area (Å²) < 4.78 is 11.1. The van der Waals surface area contributed by atoms with Crippen molar-refractivity contribution < 1.29 is 13.9 Å². The second-order valence-corrected chi connectivity index (χ2v) is 8.31. The average Bonchev–Trinajstić information content (AvgIpc) is 2.83. The molecule has 25 heavy (non-hydrogen) atoms. The molecule has 2 aromatic rings. The van der Waals surface area contributed by atoms with E-state index in [2.05, 4.69) is 38.3 Å². The number of hydrogen-bond donors (Lipinski definition) is 2. The van der Waals surface area contributed by atoms with E-state index in [1.165, 1.54) is 0 Å². The summed E-state index contributed by atoms with van der Waals surface area (Å²) in [5.41, 5.74) is 1.47. The summed E-state index contributed by atoms with van der Waals surface area (Å²) in [7, 11) is 1.63. The largest absolute Gasteiger partial charge is 0.451 e. The van der Waals surface area contributed by atoms with Crippen LogP contribution in [-0.2, 0) is 11.3 Å². The lowest BCUT2D eigenvalue weighted by molar-refractivity contribution is 0.0842. The highest BCUT2D eigenvalue weighted by Gasteiger charge is 2.38. The molecule has 1 amide bonds. The van der Waals surface area contributed by atoms with Gasteiger partial charge >= 0.3 is 0 Å². The van der Waals surface area contributed by atoms with E-state index in [0.29, 0.717) is 18.0 Å². The molecule has 1 saturated heterocycles. The Morgan fingerprint density at radius 3 is 2.52 bits per heavy atom. The smallest absolute Gasteiger partial charge is 0.287 e. The number of furan rings is 1. The van der Waals surface area contributed by atoms with Crippen LogP contribution in [0.4, 0.5) is 0 Å². The minimum absolute atomic E-state index is 0.0249. The van der Waals surface area contributed by atoms with Gasteiger partial charge in [0.05, 0.1) is 6.61 Å². The molecule has 0 aliphatic carbocycles. The summed E-state index contributed by atoms with van der Waals surface area (Å²) in [5, 5.41) is 7.74. The van der Waals surface area contributed by atoms with Crippen molar-refractivity contribution in [3.8, 4) is 0 Å². The van der Waals surface area contributed by atoms with Crippen molar-refractivity contribution in [3.05, 3.63) is 35.6 Å². The van der Waals surface area contributed by atoms with Gasteiger partial charge in [0.1, 0.15) is 5.58 Å². The molecule has 0 radical (unpaired) electrons. The third-order valence-corrected chi connectivity index (χ3v) is 4.72. The number of fused-ring (bicyclic) bond motifs is 1. The van der Waals surface area contributed by atoms with Gasteiger partial charge in [0.25, 0.3) is 5.91 Å². The molecule has 1 fully saturated rings. The molecule has 1 aromatic carbocycles. The Bertz CT molecular complexity index is 760. The van der Waals surface area contributed by atoms with Crippen molar-refractivity contribution in [2.24, 2.45) is 0 Å². The second kappa shape index (κ2) is 6.46. The average molecular weight is 344 g/mol. The molecular weight excluding hydrogens is 316 g/mol. The van der Waals surface area contributed by atoms with Crippen LogP contribution in [0, 0.1) is 0 Å². The SMILES string of the molecule is COCc1c(C(=O)NC2CC(C)(C)NC(C)(C)C2)oc2ccccc12. The van der Waals surface area contributed by atoms with Gasteiger partial charge in [0.2, 0.25) is 0 Å². The molecule has 1 aliphatic heterocycles. The van der Waals surface area contributed by atoms with Gasteiger partial charge in [-0.15, -0.1) is 0 Å². The number of methoxy groups -OCH3 is 1. The predicted molar refractivity (Wildman–Crippen MR) is 98.7 cm³/mol. The van der Waals surface area contributed by atoms with E-state index in [4.69, 9.17) is 9.15 Å². The maximum absolute atomic E-state index is 12.9. The summed E-state index contributed by atoms with van der Waals surface area (Å²) in [4.78, 5) is 12.9. The van der Waals surface area contributed by atoms with Gasteiger partial charge in [0.15, 0.2) is 5.76 Å². The molecule has 1 aliphatic rings. The third-order valence-electron chi connectivity index (χ3n) is 4.72. The van der Waals surface area contributed by atoms with Crippen LogP contribution in [0.2, 0.25) is 0 Å². The van der Waals surface area contributed by atoms with Gasteiger partial charge in [-0.2, -0.15) is 0 Å². The van der Waals surface area contributed by atoms with E-state index in [9.17, 15) is 4.79 Å². The number of carbonyl (C=O) groups excluding carboxylic acids is 1. The normalized spacial score (nSPS) is 19.9. The van der Waals surface area contributed by atoms with E-state index < -0.39 is 0 Å². The molecule has 2 N–H and O–H groups in total. The second-order valence-electron chi connectivity index (χ2n) is 8.31. The Hall–Kier alpha value is -1.85. The van der Waals surface area contributed by atoms with Crippen molar-refractivity contribution in [1.29, 1.82) is 0 Å². The molecule has 5 heteroatoms. The van der Waals surface area contributed by atoms with E-state index in [1.54, 1.807) is 7.11 Å². The quantitative estimate of drug-likeness (QED) is 0.889. The van der Waals surface area contributed by atoms with Gasteiger partial charge in [-0.25, -0.2) is 0 Å². The molecule has 2 heterocycles. The van der Waals surface area contributed by atoms with Crippen LogP contribution < -0.4 is 10.6 Å². The number of ether oxygens (including phenoxy) is 1. The first-order valence-electron chi connectivity index (χ1n) is 8.80. The van der Waals surface area contributed by atoms with Crippen LogP contribution in [0.15, 0.2) is 28.7 Å². The number of para-hydroxylation sites is 1. The zero-order valence-electron chi connectivity index (χ0n) is 15.7. The van der Waals surface area contributed by atoms with Crippen LogP contribution in [0.3, 0.4) is 0 Å². The molecular formula is C20H28N2O3. The van der Waals surface area contributed by atoms with Gasteiger partial charge < -0.3 is 19.8 Å². The number of hydrogen-bond acceptors (Lipinski definition) is 4. The molecule has 0 bridgehead atoms. The van der Waals surface area contributed by atoms with Gasteiger partial charge in [0, 0.05) is 35.2 Å². The topological polar surface area (TPSA) is 63.5 Å². The summed E-state index contributed by atoms with van der Waals surface area (Å²) in [6.45, 7) is 9.04. The summed E-state index contributed by atoms with van der Waals surface area (Å²) in [6.07, 6.45) is 1.75. The van der Waals surface area contributed by atoms with Crippen molar-refractivity contribution >= 4 is 16.9 Å². The van der Waals surface area contributed by atoms with E-state index >= 15 is 0 Å². The van der Waals surface area contributed by atoms with Gasteiger partial charge in [-0.3, -0.25) is 4.79 Å². The molecule has 136 valence electrons. The zero-order valence-corrected chi connectivity index (χ0v) is 15.7. The lowest BCUT2D eigenvalue weighted by atomic mass is 9.79. The Kier molecular flexibility index (Phi) is 4.64. The molecule has 5 nitrogen and oxygen atoms in total. The van der Waals surface area contributed by atoms with Crippen LogP contribution in [0.5, 0.6) is 0 Å². The summed E-state index contributed by atoms with van der Waals surface area (Å²) in [5.74, 6) is 0.193. The van der Waals surface area contributed by atoms with E-state index in [1.807, 2.05) is 24.3 Å². The first kappa shape index (κ1) is 18.0. The number of carbonyl (C=O) groups is 1. The Morgan fingerprint density at radius 1 is 1.24 bits per heavy atom. The maximum atomic E-state index is 12.9. The number of amides is 1. The fourth-order valence-corrected chi connectivity index (χ4v) is 4.25. The number of benzene rings is 1. The highest BCUT2D eigenvalue weighted by atomic mass is 16.5. The van der Waals surface area contributed by atoms with Crippen LogP contribution in [0.1, 0.15) is 56.7 Å². The van der Waals surface area contributed by atoms with Crippen LogP contribution in [-0.4, -0.2) is 30.1 Å². The molecule has 1 aromatic heterocycles. The molecule has 0 atom stereocenters. The Morgan fingerprint density at radius 2 is 1.88 bits per heavy atom. The minimum atomic E-state index is -0.165. The molecule has 0 unspecified atom stereocenters. The summed E-state index contributed by atoms with van der Waals surface area (Å²) in [6, 6.07) is 7.78. The van der Waals surface area contributed by atoms with Crippen LogP contribution in [0.25, 0.3) is 11.0 Å². The van der Waals surface area contributed by atoms with Crippen molar-refractivity contribution in [2.75, 3.05) is 7.11 Å². The third kappa shape index (κ3) is 3.88. The van der Waals surface area contributed by atoms with E-state index in [0.717, 1.165) is 23.8 Å². The predicted octanol–water partition coefficient (Wildman–Crippen LogP) is 3.62. The highest BCUT2D eigenvalue weighted by molar-refractivity contribution is 5.99. The fourth-order valence-electron chi connectivity index (χ4n) is 4.25. The van der Waals surface area contributed by atoms with E-state index in [-0.39, 0.29) is 23.0 Å². The zero-order chi connectivity index (χ0) is 18.2.